The molecule has 0 bridgehead atoms. The van der Waals surface area contributed by atoms with Crippen molar-refractivity contribution >= 4 is 11.4 Å². The van der Waals surface area contributed by atoms with Gasteiger partial charge in [0, 0.05) is 24.8 Å². The van der Waals surface area contributed by atoms with Gasteiger partial charge in [-0.1, -0.05) is 0 Å². The summed E-state index contributed by atoms with van der Waals surface area (Å²) in [4.78, 5) is 11.8. The molecule has 1 rings (SSSR count). The van der Waals surface area contributed by atoms with Gasteiger partial charge in [-0.25, -0.2) is 4.39 Å². The Hall–Kier alpha value is -2.16. The number of benzene rings is 1. The van der Waals surface area contributed by atoms with Crippen LogP contribution in [-0.4, -0.2) is 18.0 Å². The van der Waals surface area contributed by atoms with Gasteiger partial charge in [0.1, 0.15) is 5.82 Å². The number of non-ortho nitro benzene ring substituents is 1. The highest BCUT2D eigenvalue weighted by Gasteiger charge is 2.15. The van der Waals surface area contributed by atoms with E-state index in [2.05, 4.69) is 6.07 Å². The highest BCUT2D eigenvalue weighted by molar-refractivity contribution is 5.53. The van der Waals surface area contributed by atoms with Crippen LogP contribution in [0.2, 0.25) is 0 Å². The molecule has 5 nitrogen and oxygen atoms in total. The quantitative estimate of drug-likeness (QED) is 0.596. The maximum atomic E-state index is 13.3. The van der Waals surface area contributed by atoms with E-state index in [1.54, 1.807) is 11.8 Å². The molecule has 0 fully saturated rings. The van der Waals surface area contributed by atoms with Crippen LogP contribution in [0.5, 0.6) is 0 Å². The van der Waals surface area contributed by atoms with E-state index < -0.39 is 10.7 Å². The van der Waals surface area contributed by atoms with Gasteiger partial charge in [0.15, 0.2) is 0 Å². The van der Waals surface area contributed by atoms with E-state index in [1.165, 1.54) is 12.1 Å². The molecule has 0 amide bonds. The molecule has 0 aliphatic heterocycles. The second-order valence-corrected chi connectivity index (χ2v) is 3.99. The van der Waals surface area contributed by atoms with E-state index in [0.29, 0.717) is 18.8 Å². The van der Waals surface area contributed by atoms with Gasteiger partial charge in [-0.3, -0.25) is 10.1 Å². The zero-order chi connectivity index (χ0) is 13.7. The molecular formula is C12H14FN3O2. The first-order valence-electron chi connectivity index (χ1n) is 5.57. The number of nitro groups is 1. The van der Waals surface area contributed by atoms with Gasteiger partial charge in [-0.15, -0.1) is 0 Å². The smallest absolute Gasteiger partial charge is 0.274 e. The van der Waals surface area contributed by atoms with Crippen molar-refractivity contribution in [2.45, 2.75) is 13.8 Å². The van der Waals surface area contributed by atoms with Crippen LogP contribution in [0, 0.1) is 33.2 Å². The maximum absolute atomic E-state index is 13.3. The topological polar surface area (TPSA) is 70.2 Å². The summed E-state index contributed by atoms with van der Waals surface area (Å²) >= 11 is 0. The van der Waals surface area contributed by atoms with Crippen LogP contribution in [0.15, 0.2) is 18.2 Å². The zero-order valence-electron chi connectivity index (χ0n) is 10.3. The number of halogens is 1. The first-order valence-corrected chi connectivity index (χ1v) is 5.57. The van der Waals surface area contributed by atoms with E-state index in [1.807, 2.05) is 6.92 Å². The second kappa shape index (κ2) is 5.96. The molecule has 96 valence electrons. The number of rotatable bonds is 5. The van der Waals surface area contributed by atoms with E-state index in [9.17, 15) is 14.5 Å². The molecule has 0 aliphatic rings. The minimum absolute atomic E-state index is 0.229. The number of anilines is 1. The SMILES string of the molecule is CCN(CC(C)C#N)c1cc(F)cc([N+](=O)[O-])c1. The van der Waals surface area contributed by atoms with Gasteiger partial charge in [-0.2, -0.15) is 5.26 Å². The zero-order valence-corrected chi connectivity index (χ0v) is 10.3. The van der Waals surface area contributed by atoms with Crippen molar-refractivity contribution in [3.8, 4) is 6.07 Å². The first-order chi connectivity index (χ1) is 8.47. The number of hydrogen-bond acceptors (Lipinski definition) is 4. The van der Waals surface area contributed by atoms with Gasteiger partial charge in [0.05, 0.1) is 23.0 Å². The highest BCUT2D eigenvalue weighted by atomic mass is 19.1. The number of nitriles is 1. The van der Waals surface area contributed by atoms with Gasteiger partial charge < -0.3 is 4.90 Å². The van der Waals surface area contributed by atoms with Crippen molar-refractivity contribution in [1.82, 2.24) is 0 Å². The van der Waals surface area contributed by atoms with Gasteiger partial charge >= 0.3 is 0 Å². The van der Waals surface area contributed by atoms with E-state index >= 15 is 0 Å². The Morgan fingerprint density at radius 2 is 2.22 bits per heavy atom. The number of nitro benzene ring substituents is 1. The molecule has 6 heteroatoms. The summed E-state index contributed by atoms with van der Waals surface area (Å²) in [7, 11) is 0. The van der Waals surface area contributed by atoms with Crippen LogP contribution in [0.1, 0.15) is 13.8 Å². The summed E-state index contributed by atoms with van der Waals surface area (Å²) in [5, 5.41) is 19.4. The van der Waals surface area contributed by atoms with E-state index in [4.69, 9.17) is 5.26 Å². The average molecular weight is 251 g/mol. The lowest BCUT2D eigenvalue weighted by molar-refractivity contribution is -0.385. The van der Waals surface area contributed by atoms with Crippen LogP contribution in [-0.2, 0) is 0 Å². The molecule has 0 heterocycles. The van der Waals surface area contributed by atoms with Crippen LogP contribution in [0.3, 0.4) is 0 Å². The van der Waals surface area contributed by atoms with Crippen molar-refractivity contribution in [2.24, 2.45) is 5.92 Å². The predicted octanol–water partition coefficient (Wildman–Crippen LogP) is 2.72. The minimum Gasteiger partial charge on any atom is -0.370 e. The molecule has 1 aromatic carbocycles. The lowest BCUT2D eigenvalue weighted by Crippen LogP contribution is -2.27. The largest absolute Gasteiger partial charge is 0.370 e. The normalized spacial score (nSPS) is 11.7. The number of nitrogens with zero attached hydrogens (tertiary/aromatic N) is 3. The molecular weight excluding hydrogens is 237 g/mol. The van der Waals surface area contributed by atoms with E-state index in [0.717, 1.165) is 6.07 Å². The summed E-state index contributed by atoms with van der Waals surface area (Å²) in [5.74, 6) is -0.880. The van der Waals surface area contributed by atoms with Crippen LogP contribution in [0.25, 0.3) is 0 Å². The van der Waals surface area contributed by atoms with Crippen LogP contribution in [0.4, 0.5) is 15.8 Å². The Morgan fingerprint density at radius 1 is 1.56 bits per heavy atom. The van der Waals surface area contributed by atoms with Gasteiger partial charge in [0.2, 0.25) is 0 Å². The summed E-state index contributed by atoms with van der Waals surface area (Å²) in [5.41, 5.74) is 0.138. The van der Waals surface area contributed by atoms with Gasteiger partial charge in [-0.05, 0) is 19.9 Å². The Kier molecular flexibility index (Phi) is 4.60. The molecule has 0 N–H and O–H groups in total. The molecule has 0 radical (unpaired) electrons. The van der Waals surface area contributed by atoms with E-state index in [-0.39, 0.29) is 11.6 Å². The van der Waals surface area contributed by atoms with Crippen molar-refractivity contribution in [2.75, 3.05) is 18.0 Å². The predicted molar refractivity (Wildman–Crippen MR) is 65.7 cm³/mol. The fraction of sp³-hybridized carbons (Fsp3) is 0.417. The maximum Gasteiger partial charge on any atom is 0.274 e. The lowest BCUT2D eigenvalue weighted by atomic mass is 10.1. The van der Waals surface area contributed by atoms with Crippen molar-refractivity contribution < 1.29 is 9.31 Å². The van der Waals surface area contributed by atoms with Crippen LogP contribution >= 0.6 is 0 Å². The highest BCUT2D eigenvalue weighted by Crippen LogP contribution is 2.23. The second-order valence-electron chi connectivity index (χ2n) is 3.99. The molecule has 0 saturated heterocycles. The molecule has 0 aliphatic carbocycles. The summed E-state index contributed by atoms with van der Waals surface area (Å²) in [6.07, 6.45) is 0. The standard InChI is InChI=1S/C12H14FN3O2/c1-3-15(8-9(2)7-14)11-4-10(13)5-12(6-11)16(17)18/h4-6,9H,3,8H2,1-2H3. The van der Waals surface area contributed by atoms with Crippen molar-refractivity contribution in [3.05, 3.63) is 34.1 Å². The summed E-state index contributed by atoms with van der Waals surface area (Å²) < 4.78 is 13.3. The molecule has 0 saturated carbocycles. The fourth-order valence-corrected chi connectivity index (χ4v) is 1.64. The molecule has 0 aromatic heterocycles. The molecule has 1 unspecified atom stereocenters. The Morgan fingerprint density at radius 3 is 2.72 bits per heavy atom. The third kappa shape index (κ3) is 3.42. The minimum atomic E-state index is -0.651. The third-order valence-electron chi connectivity index (χ3n) is 2.54. The van der Waals surface area contributed by atoms with Crippen molar-refractivity contribution in [3.63, 3.8) is 0 Å². The average Bonchev–Trinajstić information content (AvgIpc) is 2.34. The first kappa shape index (κ1) is 13.9. The Bertz CT molecular complexity index is 485. The molecule has 1 aromatic rings. The molecule has 1 atom stereocenters. The Balaban J connectivity index is 3.06. The third-order valence-corrected chi connectivity index (χ3v) is 2.54. The van der Waals surface area contributed by atoms with Crippen LogP contribution < -0.4 is 4.90 Å². The molecule has 0 spiro atoms. The van der Waals surface area contributed by atoms with Gasteiger partial charge in [0.25, 0.3) is 5.69 Å². The summed E-state index contributed by atoms with van der Waals surface area (Å²) in [6.45, 7) is 4.55. The molecule has 18 heavy (non-hydrogen) atoms. The summed E-state index contributed by atoms with van der Waals surface area (Å²) in [6, 6.07) is 5.52. The fourth-order valence-electron chi connectivity index (χ4n) is 1.64. The lowest BCUT2D eigenvalue weighted by Gasteiger charge is -2.24. The monoisotopic (exact) mass is 251 g/mol. The number of hydrogen-bond donors (Lipinski definition) is 0. The van der Waals surface area contributed by atoms with Crippen molar-refractivity contribution in [1.29, 1.82) is 5.26 Å². The Labute approximate surface area is 105 Å².